The largest absolute Gasteiger partial charge is 0.381 e. The van der Waals surface area contributed by atoms with Crippen LogP contribution in [0.5, 0.6) is 0 Å². The van der Waals surface area contributed by atoms with Crippen molar-refractivity contribution >= 4 is 5.96 Å². The van der Waals surface area contributed by atoms with E-state index in [-0.39, 0.29) is 0 Å². The number of hydrogen-bond acceptors (Lipinski definition) is 5. The molecule has 1 N–H and O–H groups in total. The summed E-state index contributed by atoms with van der Waals surface area (Å²) < 4.78 is 12.9. The van der Waals surface area contributed by atoms with Crippen LogP contribution in [0, 0.1) is 5.92 Å². The van der Waals surface area contributed by atoms with Crippen LogP contribution in [0.15, 0.2) is 11.3 Å². The first-order valence-corrected chi connectivity index (χ1v) is 8.61. The molecule has 0 aliphatic carbocycles. The topological polar surface area (TPSA) is 76.8 Å². The maximum Gasteiger partial charge on any atom is 0.193 e. The highest BCUT2D eigenvalue weighted by molar-refractivity contribution is 5.79. The van der Waals surface area contributed by atoms with Gasteiger partial charge in [-0.1, -0.05) is 0 Å². The monoisotopic (exact) mass is 338 g/mol. The molecule has 1 aliphatic rings. The Bertz CT molecular complexity index is 499. The highest BCUT2D eigenvalue weighted by Gasteiger charge is 2.13. The van der Waals surface area contributed by atoms with Crippen molar-refractivity contribution in [3.8, 4) is 0 Å². The van der Waals surface area contributed by atoms with Crippen molar-refractivity contribution in [2.24, 2.45) is 18.0 Å². The first kappa shape index (κ1) is 18.7. The lowest BCUT2D eigenvalue weighted by Gasteiger charge is -2.22. The van der Waals surface area contributed by atoms with Gasteiger partial charge in [-0.15, -0.1) is 0 Å². The van der Waals surface area contributed by atoms with Crippen LogP contribution in [0.4, 0.5) is 0 Å². The van der Waals surface area contributed by atoms with Crippen molar-refractivity contribution in [3.63, 3.8) is 0 Å². The zero-order valence-corrected chi connectivity index (χ0v) is 15.1. The van der Waals surface area contributed by atoms with Gasteiger partial charge in [0.05, 0.1) is 6.54 Å². The summed E-state index contributed by atoms with van der Waals surface area (Å²) >= 11 is 0. The van der Waals surface area contributed by atoms with Crippen molar-refractivity contribution in [1.82, 2.24) is 25.0 Å². The second kappa shape index (κ2) is 10.2. The number of ether oxygens (including phenoxy) is 2. The van der Waals surface area contributed by atoms with E-state index in [4.69, 9.17) is 9.47 Å². The summed E-state index contributed by atoms with van der Waals surface area (Å²) in [6.45, 7) is 4.88. The molecular formula is C16H30N6O2. The number of aromatic nitrogens is 3. The molecule has 0 amide bonds. The van der Waals surface area contributed by atoms with E-state index in [2.05, 4.69) is 20.4 Å². The Morgan fingerprint density at radius 3 is 2.96 bits per heavy atom. The second-order valence-corrected chi connectivity index (χ2v) is 6.11. The van der Waals surface area contributed by atoms with Crippen LogP contribution < -0.4 is 5.32 Å². The molecule has 0 spiro atoms. The lowest BCUT2D eigenvalue weighted by molar-refractivity contribution is 0.0203. The summed E-state index contributed by atoms with van der Waals surface area (Å²) in [5.41, 5.74) is 0. The van der Waals surface area contributed by atoms with Crippen LogP contribution in [0.1, 0.15) is 25.1 Å². The van der Waals surface area contributed by atoms with Gasteiger partial charge in [-0.05, 0) is 25.2 Å². The molecule has 2 rings (SSSR count). The van der Waals surface area contributed by atoms with Crippen LogP contribution in [-0.2, 0) is 23.1 Å². The zero-order chi connectivity index (χ0) is 17.2. The smallest absolute Gasteiger partial charge is 0.193 e. The van der Waals surface area contributed by atoms with E-state index in [1.165, 1.54) is 0 Å². The maximum atomic E-state index is 5.78. The molecule has 0 aromatic carbocycles. The minimum atomic E-state index is 0.663. The predicted molar refractivity (Wildman–Crippen MR) is 92.8 cm³/mol. The third-order valence-electron chi connectivity index (χ3n) is 4.20. The third-order valence-corrected chi connectivity index (χ3v) is 4.20. The van der Waals surface area contributed by atoms with Crippen LogP contribution in [0.3, 0.4) is 0 Å². The van der Waals surface area contributed by atoms with E-state index in [0.717, 1.165) is 64.0 Å². The first-order valence-electron chi connectivity index (χ1n) is 8.61. The molecule has 0 unspecified atom stereocenters. The van der Waals surface area contributed by atoms with Gasteiger partial charge in [-0.3, -0.25) is 9.67 Å². The van der Waals surface area contributed by atoms with Crippen LogP contribution in [-0.4, -0.2) is 72.7 Å². The van der Waals surface area contributed by atoms with Gasteiger partial charge >= 0.3 is 0 Å². The van der Waals surface area contributed by atoms with Gasteiger partial charge < -0.3 is 19.7 Å². The van der Waals surface area contributed by atoms with Gasteiger partial charge in [0.1, 0.15) is 12.2 Å². The molecule has 0 saturated carbocycles. The summed E-state index contributed by atoms with van der Waals surface area (Å²) in [5, 5.41) is 7.44. The van der Waals surface area contributed by atoms with Gasteiger partial charge in [0, 0.05) is 54.1 Å². The van der Waals surface area contributed by atoms with E-state index in [0.29, 0.717) is 12.5 Å². The van der Waals surface area contributed by atoms with Gasteiger partial charge in [0.2, 0.25) is 0 Å². The first-order chi connectivity index (χ1) is 11.7. The number of guanidine groups is 1. The fourth-order valence-corrected chi connectivity index (χ4v) is 2.67. The van der Waals surface area contributed by atoms with E-state index in [1.807, 2.05) is 19.0 Å². The second-order valence-electron chi connectivity index (χ2n) is 6.11. The summed E-state index contributed by atoms with van der Waals surface area (Å²) in [5.74, 6) is 2.42. The Kier molecular flexibility index (Phi) is 7.97. The highest BCUT2D eigenvalue weighted by atomic mass is 16.5. The zero-order valence-electron chi connectivity index (χ0n) is 15.1. The molecular weight excluding hydrogens is 308 g/mol. The summed E-state index contributed by atoms with van der Waals surface area (Å²) in [7, 11) is 5.67. The Balaban J connectivity index is 1.58. The molecule has 1 saturated heterocycles. The number of aliphatic imine (C=N–C) groups is 1. The molecule has 8 nitrogen and oxygen atoms in total. The van der Waals surface area contributed by atoms with Gasteiger partial charge in [0.25, 0.3) is 0 Å². The fraction of sp³-hybridized carbons (Fsp3) is 0.812. The standard InChI is InChI=1S/C16H30N6O2/c1-17-16(21(2)11-15-19-13-20-22(15)3)18-7-4-8-24-12-14-5-9-23-10-6-14/h13-14H,4-12H2,1-3H3,(H,17,18). The molecule has 1 fully saturated rings. The Hall–Kier alpha value is -1.67. The van der Waals surface area contributed by atoms with Crippen molar-refractivity contribution in [3.05, 3.63) is 12.2 Å². The Morgan fingerprint density at radius 2 is 2.29 bits per heavy atom. The molecule has 136 valence electrons. The fourth-order valence-electron chi connectivity index (χ4n) is 2.67. The highest BCUT2D eigenvalue weighted by Crippen LogP contribution is 2.14. The lowest BCUT2D eigenvalue weighted by Crippen LogP contribution is -2.39. The normalized spacial score (nSPS) is 16.4. The minimum absolute atomic E-state index is 0.663. The van der Waals surface area contributed by atoms with Crippen molar-refractivity contribution < 1.29 is 9.47 Å². The van der Waals surface area contributed by atoms with Crippen LogP contribution in [0.25, 0.3) is 0 Å². The summed E-state index contributed by atoms with van der Waals surface area (Å²) in [6, 6.07) is 0. The number of nitrogens with zero attached hydrogens (tertiary/aromatic N) is 5. The molecule has 0 radical (unpaired) electrons. The Labute approximate surface area is 144 Å². The third kappa shape index (κ3) is 6.09. The molecule has 1 aromatic rings. The van der Waals surface area contributed by atoms with Crippen LogP contribution in [0.2, 0.25) is 0 Å². The molecule has 1 aromatic heterocycles. The molecule has 8 heteroatoms. The number of nitrogens with one attached hydrogen (secondary N) is 1. The van der Waals surface area contributed by atoms with Crippen molar-refractivity contribution in [2.45, 2.75) is 25.8 Å². The average Bonchev–Trinajstić information content (AvgIpc) is 3.00. The van der Waals surface area contributed by atoms with E-state index in [1.54, 1.807) is 18.1 Å². The SMILES string of the molecule is CN=C(NCCCOCC1CCOCC1)N(C)Cc1ncnn1C. The number of aryl methyl sites for hydroxylation is 1. The Morgan fingerprint density at radius 1 is 1.50 bits per heavy atom. The maximum absolute atomic E-state index is 5.78. The lowest BCUT2D eigenvalue weighted by atomic mass is 10.0. The number of rotatable bonds is 8. The van der Waals surface area contributed by atoms with E-state index >= 15 is 0 Å². The van der Waals surface area contributed by atoms with Gasteiger partial charge in [0.15, 0.2) is 5.96 Å². The van der Waals surface area contributed by atoms with Crippen molar-refractivity contribution in [1.29, 1.82) is 0 Å². The predicted octanol–water partition coefficient (Wildman–Crippen LogP) is 0.656. The molecule has 0 atom stereocenters. The van der Waals surface area contributed by atoms with Gasteiger partial charge in [-0.2, -0.15) is 5.10 Å². The van der Waals surface area contributed by atoms with E-state index < -0.39 is 0 Å². The molecule has 2 heterocycles. The van der Waals surface area contributed by atoms with Crippen LogP contribution >= 0.6 is 0 Å². The molecule has 1 aliphatic heterocycles. The summed E-state index contributed by atoms with van der Waals surface area (Å²) in [4.78, 5) is 10.6. The molecule has 0 bridgehead atoms. The summed E-state index contributed by atoms with van der Waals surface area (Å²) in [6.07, 6.45) is 4.77. The minimum Gasteiger partial charge on any atom is -0.381 e. The van der Waals surface area contributed by atoms with E-state index in [9.17, 15) is 0 Å². The quantitative estimate of drug-likeness (QED) is 0.426. The van der Waals surface area contributed by atoms with Gasteiger partial charge in [-0.25, -0.2) is 4.98 Å². The average molecular weight is 338 g/mol. The number of hydrogen-bond donors (Lipinski definition) is 1. The van der Waals surface area contributed by atoms with Crippen molar-refractivity contribution in [2.75, 3.05) is 47.1 Å². The molecule has 24 heavy (non-hydrogen) atoms.